The van der Waals surface area contributed by atoms with E-state index in [0.717, 1.165) is 12.8 Å². The lowest BCUT2D eigenvalue weighted by molar-refractivity contribution is 1.07. The average Bonchev–Trinajstić information content (AvgIpc) is 3.56. The van der Waals surface area contributed by atoms with Crippen LogP contribution < -0.4 is 4.90 Å². The van der Waals surface area contributed by atoms with E-state index in [1.807, 2.05) is 0 Å². The summed E-state index contributed by atoms with van der Waals surface area (Å²) in [6.07, 6.45) is 17.4. The SMILES string of the molecule is C/C=C\C=C/n1c2c(c3cc4c(cc31)C(N(c1ccccc1)c1ccccc1)=CC4)C=CC2. The molecule has 0 atom stereocenters. The summed E-state index contributed by atoms with van der Waals surface area (Å²) in [5.74, 6) is 0. The van der Waals surface area contributed by atoms with E-state index in [1.165, 1.54) is 50.4 Å². The third kappa shape index (κ3) is 3.27. The molecule has 1 heterocycles. The fourth-order valence-corrected chi connectivity index (χ4v) is 5.10. The number of rotatable bonds is 5. The fourth-order valence-electron chi connectivity index (χ4n) is 5.10. The van der Waals surface area contributed by atoms with Crippen LogP contribution >= 0.6 is 0 Å². The van der Waals surface area contributed by atoms with Gasteiger partial charge in [0.2, 0.25) is 0 Å². The predicted molar refractivity (Wildman–Crippen MR) is 142 cm³/mol. The largest absolute Gasteiger partial charge is 0.319 e. The number of allylic oxidation sites excluding steroid dienone is 5. The van der Waals surface area contributed by atoms with Crippen molar-refractivity contribution >= 4 is 40.3 Å². The Balaban J connectivity index is 1.54. The highest BCUT2D eigenvalue weighted by Gasteiger charge is 2.25. The van der Waals surface area contributed by atoms with Gasteiger partial charge in [-0.2, -0.15) is 0 Å². The van der Waals surface area contributed by atoms with Crippen molar-refractivity contribution in [3.63, 3.8) is 0 Å². The van der Waals surface area contributed by atoms with E-state index in [2.05, 4.69) is 132 Å². The van der Waals surface area contributed by atoms with Gasteiger partial charge >= 0.3 is 0 Å². The Labute approximate surface area is 195 Å². The van der Waals surface area contributed by atoms with Gasteiger partial charge in [-0.3, -0.25) is 0 Å². The van der Waals surface area contributed by atoms with Gasteiger partial charge in [0.15, 0.2) is 0 Å². The zero-order valence-corrected chi connectivity index (χ0v) is 18.8. The molecule has 2 aliphatic carbocycles. The first-order valence-electron chi connectivity index (χ1n) is 11.6. The van der Waals surface area contributed by atoms with Crippen LogP contribution in [0.5, 0.6) is 0 Å². The molecule has 0 amide bonds. The van der Waals surface area contributed by atoms with E-state index in [0.29, 0.717) is 0 Å². The quantitative estimate of drug-likeness (QED) is 0.294. The number of hydrogen-bond donors (Lipinski definition) is 0. The van der Waals surface area contributed by atoms with Gasteiger partial charge in [-0.1, -0.05) is 66.8 Å². The molecule has 33 heavy (non-hydrogen) atoms. The Kier molecular flexibility index (Phi) is 4.84. The second-order valence-electron chi connectivity index (χ2n) is 8.53. The first kappa shape index (κ1) is 19.6. The van der Waals surface area contributed by atoms with E-state index in [9.17, 15) is 0 Å². The van der Waals surface area contributed by atoms with Crippen LogP contribution in [-0.2, 0) is 12.8 Å². The molecule has 160 valence electrons. The number of fused-ring (bicyclic) bond motifs is 4. The Morgan fingerprint density at radius 3 is 2.27 bits per heavy atom. The number of aromatic nitrogens is 1. The maximum absolute atomic E-state index is 2.41. The molecule has 3 aromatic carbocycles. The van der Waals surface area contributed by atoms with Crippen molar-refractivity contribution in [2.24, 2.45) is 0 Å². The van der Waals surface area contributed by atoms with E-state index >= 15 is 0 Å². The Morgan fingerprint density at radius 1 is 0.848 bits per heavy atom. The molecule has 2 nitrogen and oxygen atoms in total. The van der Waals surface area contributed by atoms with Gasteiger partial charge in [-0.05, 0) is 61.4 Å². The van der Waals surface area contributed by atoms with Gasteiger partial charge in [0.1, 0.15) is 0 Å². The Morgan fingerprint density at radius 2 is 1.58 bits per heavy atom. The average molecular weight is 427 g/mol. The molecule has 1 aromatic heterocycles. The zero-order chi connectivity index (χ0) is 22.2. The lowest BCUT2D eigenvalue weighted by Gasteiger charge is -2.27. The molecule has 4 aromatic rings. The first-order valence-corrected chi connectivity index (χ1v) is 11.6. The topological polar surface area (TPSA) is 8.17 Å². The van der Waals surface area contributed by atoms with Crippen LogP contribution in [-0.4, -0.2) is 4.57 Å². The zero-order valence-electron chi connectivity index (χ0n) is 18.8. The number of hydrogen-bond acceptors (Lipinski definition) is 1. The third-order valence-corrected chi connectivity index (χ3v) is 6.57. The minimum atomic E-state index is 0.953. The summed E-state index contributed by atoms with van der Waals surface area (Å²) in [6.45, 7) is 2.05. The van der Waals surface area contributed by atoms with Crippen molar-refractivity contribution < 1.29 is 0 Å². The molecule has 0 spiro atoms. The minimum absolute atomic E-state index is 0.953. The number of para-hydroxylation sites is 2. The van der Waals surface area contributed by atoms with E-state index in [4.69, 9.17) is 0 Å². The molecule has 0 unspecified atom stereocenters. The van der Waals surface area contributed by atoms with E-state index in [-0.39, 0.29) is 0 Å². The molecule has 0 radical (unpaired) electrons. The minimum Gasteiger partial charge on any atom is -0.319 e. The summed E-state index contributed by atoms with van der Waals surface area (Å²) < 4.78 is 2.37. The maximum Gasteiger partial charge on any atom is 0.0538 e. The number of benzene rings is 3. The van der Waals surface area contributed by atoms with Crippen LogP contribution in [0.2, 0.25) is 0 Å². The molecule has 0 saturated carbocycles. The smallest absolute Gasteiger partial charge is 0.0538 e. The van der Waals surface area contributed by atoms with Crippen LogP contribution in [0.3, 0.4) is 0 Å². The highest BCUT2D eigenvalue weighted by Crippen LogP contribution is 2.42. The van der Waals surface area contributed by atoms with Crippen molar-refractivity contribution in [2.45, 2.75) is 19.8 Å². The predicted octanol–water partition coefficient (Wildman–Crippen LogP) is 7.99. The third-order valence-electron chi connectivity index (χ3n) is 6.57. The van der Waals surface area contributed by atoms with Crippen molar-refractivity contribution in [2.75, 3.05) is 4.90 Å². The summed E-state index contributed by atoms with van der Waals surface area (Å²) in [6, 6.07) is 26.1. The second-order valence-corrected chi connectivity index (χ2v) is 8.53. The monoisotopic (exact) mass is 426 g/mol. The summed E-state index contributed by atoms with van der Waals surface area (Å²) in [4.78, 5) is 2.38. The fraction of sp³-hybridized carbons (Fsp3) is 0.0968. The van der Waals surface area contributed by atoms with Crippen molar-refractivity contribution in [3.8, 4) is 0 Å². The molecule has 0 fully saturated rings. The van der Waals surface area contributed by atoms with Crippen LogP contribution in [0, 0.1) is 0 Å². The lowest BCUT2D eigenvalue weighted by atomic mass is 10.0. The van der Waals surface area contributed by atoms with E-state index < -0.39 is 0 Å². The molecular weight excluding hydrogens is 400 g/mol. The first-order chi connectivity index (χ1) is 16.3. The van der Waals surface area contributed by atoms with Crippen LogP contribution in [0.1, 0.15) is 29.3 Å². The summed E-state index contributed by atoms with van der Waals surface area (Å²) in [5, 5.41) is 1.35. The highest BCUT2D eigenvalue weighted by molar-refractivity contribution is 6.00. The number of anilines is 2. The highest BCUT2D eigenvalue weighted by atomic mass is 15.2. The molecular formula is C31H26N2. The standard InChI is InChI=1S/C31H26N2/c1-2-3-10-20-32-29-17-11-16-26(29)28-21-23-18-19-30(27(23)22-31(28)32)33(24-12-6-4-7-13-24)25-14-8-5-9-15-25/h2-16,19-22H,17-18H2,1H3/b3-2-,20-10-. The van der Waals surface area contributed by atoms with Gasteiger partial charge in [0.25, 0.3) is 0 Å². The Bertz CT molecular complexity index is 1410. The van der Waals surface area contributed by atoms with Gasteiger partial charge in [0, 0.05) is 46.2 Å². The van der Waals surface area contributed by atoms with Crippen molar-refractivity contribution in [1.82, 2.24) is 4.57 Å². The molecule has 0 bridgehead atoms. The molecule has 0 aliphatic heterocycles. The van der Waals surface area contributed by atoms with Gasteiger partial charge in [0.05, 0.1) is 11.2 Å². The van der Waals surface area contributed by atoms with Crippen LogP contribution in [0.15, 0.2) is 103 Å². The summed E-state index contributed by atoms with van der Waals surface area (Å²) in [5.41, 5.74) is 10.3. The van der Waals surface area contributed by atoms with Gasteiger partial charge in [-0.25, -0.2) is 0 Å². The summed E-state index contributed by atoms with van der Waals surface area (Å²) in [7, 11) is 0. The molecule has 0 saturated heterocycles. The lowest BCUT2D eigenvalue weighted by Crippen LogP contribution is -2.14. The summed E-state index contributed by atoms with van der Waals surface area (Å²) >= 11 is 0. The molecule has 0 N–H and O–H groups in total. The molecule has 2 aliphatic rings. The van der Waals surface area contributed by atoms with Gasteiger partial charge < -0.3 is 9.47 Å². The van der Waals surface area contributed by atoms with Crippen LogP contribution in [0.4, 0.5) is 11.4 Å². The molecule has 6 rings (SSSR count). The van der Waals surface area contributed by atoms with E-state index in [1.54, 1.807) is 0 Å². The maximum atomic E-state index is 2.41. The van der Waals surface area contributed by atoms with Crippen molar-refractivity contribution in [3.05, 3.63) is 126 Å². The van der Waals surface area contributed by atoms with Gasteiger partial charge in [-0.15, -0.1) is 0 Å². The van der Waals surface area contributed by atoms with Crippen molar-refractivity contribution in [1.29, 1.82) is 0 Å². The normalized spacial score (nSPS) is 14.4. The second kappa shape index (κ2) is 8.14. The Hall–Kier alpha value is -4.04. The number of nitrogens with zero attached hydrogens (tertiary/aromatic N) is 2. The van der Waals surface area contributed by atoms with Crippen LogP contribution in [0.25, 0.3) is 28.9 Å². The molecule has 2 heteroatoms.